The highest BCUT2D eigenvalue weighted by molar-refractivity contribution is 14.0. The number of nitrogens with one attached hydrogen (secondary N) is 2. The molecule has 1 heterocycles. The van der Waals surface area contributed by atoms with E-state index in [1.165, 1.54) is 11.1 Å². The van der Waals surface area contributed by atoms with Gasteiger partial charge in [0, 0.05) is 25.8 Å². The Hall–Kier alpha value is -2.35. The first-order valence-corrected chi connectivity index (χ1v) is 8.81. The number of anilines is 1. The number of para-hydroxylation sites is 1. The molecule has 0 saturated heterocycles. The summed E-state index contributed by atoms with van der Waals surface area (Å²) < 4.78 is 0. The van der Waals surface area contributed by atoms with E-state index in [0.717, 1.165) is 31.2 Å². The van der Waals surface area contributed by atoms with Gasteiger partial charge in [-0.2, -0.15) is 0 Å². The number of nitrogens with zero attached hydrogens (tertiary/aromatic N) is 2. The summed E-state index contributed by atoms with van der Waals surface area (Å²) in [6.45, 7) is 1.85. The van der Waals surface area contributed by atoms with Crippen LogP contribution < -0.4 is 10.6 Å². The van der Waals surface area contributed by atoms with Crippen LogP contribution in [0.3, 0.4) is 0 Å². The van der Waals surface area contributed by atoms with Crippen LogP contribution in [0.5, 0.6) is 0 Å². The van der Waals surface area contributed by atoms with Crippen LogP contribution >= 0.6 is 24.0 Å². The Labute approximate surface area is 177 Å². The van der Waals surface area contributed by atoms with Crippen LogP contribution in [0.2, 0.25) is 0 Å². The lowest BCUT2D eigenvalue weighted by Crippen LogP contribution is -2.45. The second-order valence-corrected chi connectivity index (χ2v) is 6.11. The third-order valence-electron chi connectivity index (χ3n) is 4.33. The van der Waals surface area contributed by atoms with Gasteiger partial charge in [-0.1, -0.05) is 54.6 Å². The Bertz CT molecular complexity index is 790. The molecule has 2 N–H and O–H groups in total. The first kappa shape index (κ1) is 21.0. The Kier molecular flexibility index (Phi) is 8.32. The molecule has 6 heteroatoms. The van der Waals surface area contributed by atoms with Gasteiger partial charge in [0.05, 0.1) is 6.54 Å². The molecule has 5 nitrogen and oxygen atoms in total. The summed E-state index contributed by atoms with van der Waals surface area (Å²) in [6, 6.07) is 19.9. The summed E-state index contributed by atoms with van der Waals surface area (Å²) in [6.07, 6.45) is 3.19. The first-order valence-electron chi connectivity index (χ1n) is 8.81. The fourth-order valence-corrected chi connectivity index (χ4v) is 2.99. The summed E-state index contributed by atoms with van der Waals surface area (Å²) in [5.74, 6) is 0.659. The molecule has 0 unspecified atom stereocenters. The molecule has 1 amide bonds. The lowest BCUT2D eigenvalue weighted by molar-refractivity contribution is -0.115. The molecule has 0 radical (unpaired) electrons. The minimum atomic E-state index is -0.0881. The molecule has 2 aromatic rings. The van der Waals surface area contributed by atoms with Gasteiger partial charge in [0.1, 0.15) is 0 Å². The predicted octanol–water partition coefficient (Wildman–Crippen LogP) is 3.61. The van der Waals surface area contributed by atoms with Crippen LogP contribution in [0.1, 0.15) is 12.0 Å². The fourth-order valence-electron chi connectivity index (χ4n) is 2.99. The van der Waals surface area contributed by atoms with E-state index < -0.39 is 0 Å². The maximum absolute atomic E-state index is 12.1. The predicted molar refractivity (Wildman–Crippen MR) is 122 cm³/mol. The average Bonchev–Trinajstić information content (AvgIpc) is 2.70. The monoisotopic (exact) mass is 476 g/mol. The number of halogens is 1. The number of rotatable bonds is 4. The molecule has 2 aromatic carbocycles. The van der Waals surface area contributed by atoms with E-state index in [1.807, 2.05) is 36.4 Å². The topological polar surface area (TPSA) is 56.7 Å². The minimum Gasteiger partial charge on any atom is -0.347 e. The third-order valence-corrected chi connectivity index (χ3v) is 4.33. The van der Waals surface area contributed by atoms with Gasteiger partial charge in [-0.05, 0) is 29.7 Å². The molecule has 3 rings (SSSR count). The number of carbonyl (C=O) groups excluding carboxylic acids is 1. The Morgan fingerprint density at radius 1 is 1.07 bits per heavy atom. The van der Waals surface area contributed by atoms with Gasteiger partial charge in [0.25, 0.3) is 0 Å². The molecule has 0 spiro atoms. The molecule has 1 aliphatic rings. The van der Waals surface area contributed by atoms with Crippen LogP contribution in [0.15, 0.2) is 71.7 Å². The van der Waals surface area contributed by atoms with E-state index in [2.05, 4.69) is 50.9 Å². The van der Waals surface area contributed by atoms with Crippen molar-refractivity contribution in [1.29, 1.82) is 0 Å². The minimum absolute atomic E-state index is 0. The van der Waals surface area contributed by atoms with Crippen molar-refractivity contribution in [3.63, 3.8) is 0 Å². The molecule has 0 saturated carbocycles. The number of hydrogen-bond donors (Lipinski definition) is 2. The van der Waals surface area contributed by atoms with Gasteiger partial charge in [0.2, 0.25) is 5.91 Å². The van der Waals surface area contributed by atoms with Crippen LogP contribution in [0, 0.1) is 0 Å². The smallest absolute Gasteiger partial charge is 0.243 e. The lowest BCUT2D eigenvalue weighted by Gasteiger charge is -2.29. The Balaban J connectivity index is 0.00000261. The molecule has 0 aliphatic carbocycles. The van der Waals surface area contributed by atoms with Crippen molar-refractivity contribution < 1.29 is 4.79 Å². The second kappa shape index (κ2) is 10.7. The van der Waals surface area contributed by atoms with Gasteiger partial charge in [0.15, 0.2) is 5.96 Å². The van der Waals surface area contributed by atoms with Gasteiger partial charge in [-0.25, -0.2) is 0 Å². The molecule has 0 fully saturated rings. The van der Waals surface area contributed by atoms with Crippen LogP contribution in [0.4, 0.5) is 5.69 Å². The second-order valence-electron chi connectivity index (χ2n) is 6.11. The standard InChI is InChI=1S/C21H24N4O.HI/c1-22-21(23-16-20(26)24-19-10-6-3-7-11-19)25-14-12-18(13-15-25)17-8-4-2-5-9-17;/h2-12H,13-16H2,1H3,(H,22,23)(H,24,26);1H. The fraction of sp³-hybridized carbons (Fsp3) is 0.238. The highest BCUT2D eigenvalue weighted by Crippen LogP contribution is 2.21. The SMILES string of the molecule is CN=C(NCC(=O)Nc1ccccc1)N1CC=C(c2ccccc2)CC1.I. The normalized spacial score (nSPS) is 14.0. The van der Waals surface area contributed by atoms with Crippen molar-refractivity contribution >= 4 is 47.1 Å². The highest BCUT2D eigenvalue weighted by atomic mass is 127. The average molecular weight is 476 g/mol. The Morgan fingerprint density at radius 2 is 1.74 bits per heavy atom. The third kappa shape index (κ3) is 6.09. The summed E-state index contributed by atoms with van der Waals surface area (Å²) in [7, 11) is 1.74. The first-order chi connectivity index (χ1) is 12.8. The van der Waals surface area contributed by atoms with E-state index in [9.17, 15) is 4.79 Å². The van der Waals surface area contributed by atoms with E-state index in [1.54, 1.807) is 7.05 Å². The van der Waals surface area contributed by atoms with Crippen molar-refractivity contribution in [3.05, 3.63) is 72.3 Å². The van der Waals surface area contributed by atoms with Crippen molar-refractivity contribution in [2.24, 2.45) is 4.99 Å². The number of aliphatic imine (C=N–C) groups is 1. The molecule has 142 valence electrons. The molecule has 1 aliphatic heterocycles. The Morgan fingerprint density at radius 3 is 2.33 bits per heavy atom. The quantitative estimate of drug-likeness (QED) is 0.403. The number of carbonyl (C=O) groups is 1. The van der Waals surface area contributed by atoms with Crippen molar-refractivity contribution in [2.75, 3.05) is 32.0 Å². The summed E-state index contributed by atoms with van der Waals surface area (Å²) >= 11 is 0. The van der Waals surface area contributed by atoms with E-state index in [0.29, 0.717) is 0 Å². The van der Waals surface area contributed by atoms with Gasteiger partial charge < -0.3 is 15.5 Å². The van der Waals surface area contributed by atoms with Crippen LogP contribution in [0.25, 0.3) is 5.57 Å². The van der Waals surface area contributed by atoms with Crippen molar-refractivity contribution in [1.82, 2.24) is 10.2 Å². The van der Waals surface area contributed by atoms with Gasteiger partial charge >= 0.3 is 0 Å². The van der Waals surface area contributed by atoms with Crippen LogP contribution in [-0.2, 0) is 4.79 Å². The highest BCUT2D eigenvalue weighted by Gasteiger charge is 2.16. The molecular weight excluding hydrogens is 451 g/mol. The maximum Gasteiger partial charge on any atom is 0.243 e. The molecular formula is C21H25IN4O. The largest absolute Gasteiger partial charge is 0.347 e. The van der Waals surface area contributed by atoms with Crippen molar-refractivity contribution in [3.8, 4) is 0 Å². The van der Waals surface area contributed by atoms with Gasteiger partial charge in [-0.15, -0.1) is 24.0 Å². The lowest BCUT2D eigenvalue weighted by atomic mass is 10.00. The van der Waals surface area contributed by atoms with Crippen molar-refractivity contribution in [2.45, 2.75) is 6.42 Å². The van der Waals surface area contributed by atoms with Crippen LogP contribution in [-0.4, -0.2) is 43.4 Å². The zero-order valence-corrected chi connectivity index (χ0v) is 17.7. The van der Waals surface area contributed by atoms with Gasteiger partial charge in [-0.3, -0.25) is 9.79 Å². The molecule has 0 bridgehead atoms. The maximum atomic E-state index is 12.1. The summed E-state index contributed by atoms with van der Waals surface area (Å²) in [4.78, 5) is 18.6. The van der Waals surface area contributed by atoms with E-state index in [-0.39, 0.29) is 36.4 Å². The number of benzene rings is 2. The van der Waals surface area contributed by atoms with E-state index in [4.69, 9.17) is 0 Å². The molecule has 0 atom stereocenters. The van der Waals surface area contributed by atoms with E-state index >= 15 is 0 Å². The molecule has 27 heavy (non-hydrogen) atoms. The zero-order valence-electron chi connectivity index (χ0n) is 15.4. The summed E-state index contributed by atoms with van der Waals surface area (Å²) in [5.41, 5.74) is 3.43. The number of guanidine groups is 1. The summed E-state index contributed by atoms with van der Waals surface area (Å²) in [5, 5.41) is 6.01. The number of hydrogen-bond acceptors (Lipinski definition) is 2. The zero-order chi connectivity index (χ0) is 18.2. The number of amides is 1. The molecule has 0 aromatic heterocycles.